The van der Waals surface area contributed by atoms with E-state index in [0.29, 0.717) is 31.1 Å². The lowest BCUT2D eigenvalue weighted by molar-refractivity contribution is -0.159. The molecule has 2 aliphatic heterocycles. The number of esters is 2. The molecule has 2 aromatic carbocycles. The van der Waals surface area contributed by atoms with Crippen molar-refractivity contribution in [3.05, 3.63) is 71.8 Å². The van der Waals surface area contributed by atoms with E-state index in [4.69, 9.17) is 9.47 Å². The van der Waals surface area contributed by atoms with Gasteiger partial charge < -0.3 is 9.47 Å². The zero-order chi connectivity index (χ0) is 20.2. The van der Waals surface area contributed by atoms with Crippen LogP contribution in [-0.2, 0) is 20.7 Å². The maximum Gasteiger partial charge on any atom is 0.338 e. The molecule has 29 heavy (non-hydrogen) atoms. The molecule has 2 aromatic rings. The monoisotopic (exact) mass is 393 g/mol. The molecule has 4 rings (SSSR count). The number of carbonyl (C=O) groups is 2. The van der Waals surface area contributed by atoms with E-state index in [0.717, 1.165) is 18.4 Å². The quantitative estimate of drug-likeness (QED) is 0.704. The second-order valence-electron chi connectivity index (χ2n) is 7.94. The molecule has 0 aliphatic carbocycles. The van der Waals surface area contributed by atoms with Crippen molar-refractivity contribution in [1.29, 1.82) is 0 Å². The fraction of sp³-hybridized carbons (Fsp3) is 0.417. The van der Waals surface area contributed by atoms with Gasteiger partial charge in [0.05, 0.1) is 12.2 Å². The maximum atomic E-state index is 13.0. The van der Waals surface area contributed by atoms with Crippen LogP contribution < -0.4 is 0 Å². The molecule has 2 unspecified atom stereocenters. The topological polar surface area (TPSA) is 55.8 Å². The van der Waals surface area contributed by atoms with Crippen LogP contribution in [0.1, 0.15) is 35.2 Å². The van der Waals surface area contributed by atoms with Gasteiger partial charge in [0.15, 0.2) is 0 Å². The summed E-state index contributed by atoms with van der Waals surface area (Å²) in [5, 5.41) is 0. The Hall–Kier alpha value is -2.66. The zero-order valence-electron chi connectivity index (χ0n) is 16.7. The van der Waals surface area contributed by atoms with Gasteiger partial charge in [0.25, 0.3) is 0 Å². The van der Waals surface area contributed by atoms with Crippen molar-refractivity contribution in [3.8, 4) is 0 Å². The van der Waals surface area contributed by atoms with Crippen molar-refractivity contribution in [1.82, 2.24) is 4.90 Å². The minimum absolute atomic E-state index is 0.0616. The van der Waals surface area contributed by atoms with E-state index in [1.165, 1.54) is 0 Å². The third kappa shape index (κ3) is 4.35. The molecule has 2 fully saturated rings. The Morgan fingerprint density at radius 1 is 1.00 bits per heavy atom. The predicted octanol–water partition coefficient (Wildman–Crippen LogP) is 3.48. The van der Waals surface area contributed by atoms with Gasteiger partial charge in [0, 0.05) is 24.9 Å². The highest BCUT2D eigenvalue weighted by atomic mass is 16.6. The van der Waals surface area contributed by atoms with E-state index in [2.05, 4.69) is 11.9 Å². The summed E-state index contributed by atoms with van der Waals surface area (Å²) in [6.07, 6.45) is 2.86. The largest absolute Gasteiger partial charge is 0.465 e. The minimum atomic E-state index is -0.444. The Labute approximate surface area is 171 Å². The number of carbonyl (C=O) groups excluding carboxylic acids is 2. The van der Waals surface area contributed by atoms with Crippen molar-refractivity contribution in [2.75, 3.05) is 13.7 Å². The molecule has 0 amide bonds. The second-order valence-corrected chi connectivity index (χ2v) is 7.94. The number of rotatable bonds is 6. The molecular weight excluding hydrogens is 366 g/mol. The molecule has 5 heteroatoms. The number of fused-ring (bicyclic) bond motifs is 2. The van der Waals surface area contributed by atoms with Crippen molar-refractivity contribution in [2.24, 2.45) is 5.92 Å². The normalized spacial score (nSPS) is 26.1. The van der Waals surface area contributed by atoms with Crippen LogP contribution >= 0.6 is 0 Å². The van der Waals surface area contributed by atoms with Crippen LogP contribution in [0.2, 0.25) is 0 Å². The molecule has 5 nitrogen and oxygen atoms in total. The number of benzene rings is 2. The Bertz CT molecular complexity index is 838. The highest BCUT2D eigenvalue weighted by Crippen LogP contribution is 2.40. The van der Waals surface area contributed by atoms with Crippen LogP contribution in [0.5, 0.6) is 0 Å². The van der Waals surface area contributed by atoms with Gasteiger partial charge in [-0.25, -0.2) is 4.79 Å². The van der Waals surface area contributed by atoms with E-state index in [9.17, 15) is 9.59 Å². The van der Waals surface area contributed by atoms with Crippen molar-refractivity contribution >= 4 is 11.9 Å². The smallest absolute Gasteiger partial charge is 0.338 e. The molecule has 0 spiro atoms. The number of hydrogen-bond acceptors (Lipinski definition) is 5. The van der Waals surface area contributed by atoms with Gasteiger partial charge in [0.1, 0.15) is 12.0 Å². The van der Waals surface area contributed by atoms with E-state index < -0.39 is 12.0 Å². The Balaban J connectivity index is 1.43. The Kier molecular flexibility index (Phi) is 5.95. The molecule has 2 aliphatic rings. The van der Waals surface area contributed by atoms with Crippen molar-refractivity contribution in [3.63, 3.8) is 0 Å². The fourth-order valence-electron chi connectivity index (χ4n) is 4.64. The molecule has 2 saturated heterocycles. The van der Waals surface area contributed by atoms with Gasteiger partial charge in [-0.1, -0.05) is 48.5 Å². The highest BCUT2D eigenvalue weighted by Gasteiger charge is 2.51. The Morgan fingerprint density at radius 3 is 2.41 bits per heavy atom. The zero-order valence-corrected chi connectivity index (χ0v) is 16.7. The first-order valence-electron chi connectivity index (χ1n) is 10.3. The number of ether oxygens (including phenoxy) is 2. The van der Waals surface area contributed by atoms with E-state index in [1.54, 1.807) is 12.1 Å². The number of nitrogens with zero attached hydrogens (tertiary/aromatic N) is 1. The summed E-state index contributed by atoms with van der Waals surface area (Å²) in [5.41, 5.74) is 1.64. The first-order chi connectivity index (χ1) is 14.1. The molecule has 152 valence electrons. The van der Waals surface area contributed by atoms with E-state index in [-0.39, 0.29) is 18.0 Å². The molecule has 0 aromatic heterocycles. The minimum Gasteiger partial charge on any atom is -0.465 e. The molecule has 2 heterocycles. The van der Waals surface area contributed by atoms with Crippen LogP contribution in [0.15, 0.2) is 60.7 Å². The van der Waals surface area contributed by atoms with Crippen LogP contribution in [0.4, 0.5) is 0 Å². The van der Waals surface area contributed by atoms with Crippen LogP contribution in [0.3, 0.4) is 0 Å². The average molecular weight is 393 g/mol. The van der Waals surface area contributed by atoms with Crippen LogP contribution in [-0.4, -0.2) is 48.7 Å². The number of piperidine rings is 1. The summed E-state index contributed by atoms with van der Waals surface area (Å²) in [6.45, 7) is 0.332. The fourth-order valence-corrected chi connectivity index (χ4v) is 4.64. The first-order valence-corrected chi connectivity index (χ1v) is 10.3. The van der Waals surface area contributed by atoms with E-state index in [1.807, 2.05) is 48.5 Å². The highest BCUT2D eigenvalue weighted by molar-refractivity contribution is 5.89. The lowest BCUT2D eigenvalue weighted by Crippen LogP contribution is -2.53. The molecular formula is C24H27NO4. The summed E-state index contributed by atoms with van der Waals surface area (Å²) in [6, 6.07) is 19.3. The maximum absolute atomic E-state index is 13.0. The molecule has 4 atom stereocenters. The van der Waals surface area contributed by atoms with E-state index >= 15 is 0 Å². The summed E-state index contributed by atoms with van der Waals surface area (Å²) < 4.78 is 11.5. The summed E-state index contributed by atoms with van der Waals surface area (Å²) in [5.74, 6) is -1.08. The van der Waals surface area contributed by atoms with Gasteiger partial charge in [0.2, 0.25) is 0 Å². The second kappa shape index (κ2) is 8.78. The first kappa shape index (κ1) is 19.6. The average Bonchev–Trinajstić information content (AvgIpc) is 2.98. The Morgan fingerprint density at radius 2 is 1.69 bits per heavy atom. The van der Waals surface area contributed by atoms with Crippen LogP contribution in [0.25, 0.3) is 0 Å². The van der Waals surface area contributed by atoms with Crippen molar-refractivity contribution in [2.45, 2.75) is 43.9 Å². The molecule has 0 saturated carbocycles. The summed E-state index contributed by atoms with van der Waals surface area (Å²) in [7, 11) is 2.06. The molecule has 0 N–H and O–H groups in total. The predicted molar refractivity (Wildman–Crippen MR) is 109 cm³/mol. The van der Waals surface area contributed by atoms with Gasteiger partial charge in [-0.15, -0.1) is 0 Å². The third-order valence-electron chi connectivity index (χ3n) is 6.23. The number of hydrogen-bond donors (Lipinski definition) is 0. The van der Waals surface area contributed by atoms with Gasteiger partial charge in [-0.2, -0.15) is 0 Å². The molecule has 0 radical (unpaired) electrons. The third-order valence-corrected chi connectivity index (χ3v) is 6.23. The molecule has 2 bridgehead atoms. The van der Waals surface area contributed by atoms with Gasteiger partial charge in [-0.3, -0.25) is 9.69 Å². The standard InChI is InChI=1S/C24H27NO4/c1-25-19-12-13-20(25)22(24(27)28-15-14-17-8-4-2-5-9-17)21(16-19)29-23(26)18-10-6-3-7-11-18/h2-11,19-22H,12-16H2,1H3/t19-,20?,21+,22?/m1/s1. The van der Waals surface area contributed by atoms with Gasteiger partial charge >= 0.3 is 11.9 Å². The lowest BCUT2D eigenvalue weighted by atomic mass is 9.87. The van der Waals surface area contributed by atoms with Gasteiger partial charge in [-0.05, 0) is 37.6 Å². The van der Waals surface area contributed by atoms with Crippen LogP contribution in [0, 0.1) is 5.92 Å². The summed E-state index contributed by atoms with van der Waals surface area (Å²) in [4.78, 5) is 27.9. The lowest BCUT2D eigenvalue weighted by Gasteiger charge is -2.40. The SMILES string of the molecule is CN1C2CC[C@@H]1C[C@H](OC(=O)c1ccccc1)C2C(=O)OCCc1ccccc1. The summed E-state index contributed by atoms with van der Waals surface area (Å²) >= 11 is 0. The van der Waals surface area contributed by atoms with Crippen molar-refractivity contribution < 1.29 is 19.1 Å².